The van der Waals surface area contributed by atoms with Crippen LogP contribution in [-0.4, -0.2) is 70.9 Å². The smallest absolute Gasteiger partial charge is 0.169 e. The lowest BCUT2D eigenvalue weighted by atomic mass is 9.79. The molecule has 1 aromatic carbocycles. The normalized spacial score (nSPS) is 25.9. The molecule has 3 aliphatic rings. The molecule has 164 valence electrons. The molecule has 1 aromatic heterocycles. The predicted octanol–water partition coefficient (Wildman–Crippen LogP) is 2.08. The fourth-order valence-corrected chi connectivity index (χ4v) is 5.15. The Hall–Kier alpha value is -2.71. The number of carbonyl (C=O) groups is 1. The number of hydrogen-bond donors (Lipinski definition) is 2. The van der Waals surface area contributed by atoms with Crippen LogP contribution in [0.5, 0.6) is 5.75 Å². The van der Waals surface area contributed by atoms with Crippen LogP contribution >= 0.6 is 0 Å². The fourth-order valence-electron chi connectivity index (χ4n) is 5.15. The monoisotopic (exact) mass is 423 g/mol. The summed E-state index contributed by atoms with van der Waals surface area (Å²) >= 11 is 0. The Morgan fingerprint density at radius 2 is 1.94 bits per heavy atom. The number of ether oxygens (including phenoxy) is 1. The van der Waals surface area contributed by atoms with Crippen molar-refractivity contribution in [3.63, 3.8) is 0 Å². The number of phenols is 1. The van der Waals surface area contributed by atoms with E-state index in [2.05, 4.69) is 20.0 Å². The molecule has 31 heavy (non-hydrogen) atoms. The number of aldehydes is 1. The highest BCUT2D eigenvalue weighted by Crippen LogP contribution is 2.38. The minimum atomic E-state index is -0.128. The third-order valence-corrected chi connectivity index (χ3v) is 7.13. The number of piperidine rings is 1. The van der Waals surface area contributed by atoms with Crippen LogP contribution in [0.1, 0.15) is 25.7 Å². The Balaban J connectivity index is 1.28. The molecule has 2 aliphatic heterocycles. The van der Waals surface area contributed by atoms with Gasteiger partial charge in [-0.2, -0.15) is 0 Å². The number of nitrogens with two attached hydrogens (primary N) is 1. The second kappa shape index (κ2) is 8.09. The fraction of sp³-hybridized carbons (Fsp3) is 0.522. The summed E-state index contributed by atoms with van der Waals surface area (Å²) in [5.74, 6) is 0.815. The van der Waals surface area contributed by atoms with E-state index in [0.717, 1.165) is 70.4 Å². The lowest BCUT2D eigenvalue weighted by Crippen LogP contribution is -2.60. The Kier molecular flexibility index (Phi) is 5.27. The summed E-state index contributed by atoms with van der Waals surface area (Å²) in [6.45, 7) is 4.28. The van der Waals surface area contributed by atoms with Crippen molar-refractivity contribution in [1.29, 1.82) is 0 Å². The van der Waals surface area contributed by atoms with Crippen molar-refractivity contribution >= 4 is 17.8 Å². The van der Waals surface area contributed by atoms with Gasteiger partial charge in [0.05, 0.1) is 23.6 Å². The lowest BCUT2D eigenvalue weighted by Gasteiger charge is -2.51. The minimum Gasteiger partial charge on any atom is -0.507 e. The zero-order chi connectivity index (χ0) is 21.4. The summed E-state index contributed by atoms with van der Waals surface area (Å²) in [4.78, 5) is 15.7. The molecular weight excluding hydrogens is 394 g/mol. The van der Waals surface area contributed by atoms with Crippen molar-refractivity contribution in [2.24, 2.45) is 5.92 Å². The number of anilines is 2. The van der Waals surface area contributed by atoms with Gasteiger partial charge in [0.1, 0.15) is 12.0 Å². The number of phenolic OH excluding ortho intramolecular Hbond substituents is 1. The Labute approximate surface area is 182 Å². The number of aromatic nitrogens is 2. The van der Waals surface area contributed by atoms with Gasteiger partial charge < -0.3 is 25.3 Å². The first kappa shape index (κ1) is 20.2. The van der Waals surface area contributed by atoms with Gasteiger partial charge in [0, 0.05) is 43.7 Å². The molecule has 0 bridgehead atoms. The summed E-state index contributed by atoms with van der Waals surface area (Å²) in [5, 5.41) is 18.5. The van der Waals surface area contributed by atoms with Gasteiger partial charge in [0.25, 0.3) is 0 Å². The van der Waals surface area contributed by atoms with E-state index in [9.17, 15) is 9.90 Å². The topological polar surface area (TPSA) is 105 Å². The highest BCUT2D eigenvalue weighted by atomic mass is 16.5. The standard InChI is InChI=1S/C23H29N5O3/c24-22-20(13-19(25-26-22)18-3-1-2-4-21(18)30)27-7-5-23(6-8-27)15-28(9-10-31-23)17-11-16(12-17)14-29/h1-4,13-14,16-17,30H,5-12,15H2,(H2,24,26)/t16-,17-. The van der Waals surface area contributed by atoms with E-state index in [-0.39, 0.29) is 17.3 Å². The van der Waals surface area contributed by atoms with Crippen molar-refractivity contribution in [1.82, 2.24) is 15.1 Å². The van der Waals surface area contributed by atoms with E-state index in [1.54, 1.807) is 12.1 Å². The van der Waals surface area contributed by atoms with Gasteiger partial charge in [0.15, 0.2) is 5.82 Å². The van der Waals surface area contributed by atoms with Crippen LogP contribution < -0.4 is 10.6 Å². The molecule has 0 unspecified atom stereocenters. The van der Waals surface area contributed by atoms with E-state index in [0.29, 0.717) is 23.1 Å². The summed E-state index contributed by atoms with van der Waals surface area (Å²) in [6, 6.07) is 9.55. The van der Waals surface area contributed by atoms with E-state index in [1.165, 1.54) is 0 Å². The average Bonchev–Trinajstić information content (AvgIpc) is 2.75. The van der Waals surface area contributed by atoms with Gasteiger partial charge in [0.2, 0.25) is 0 Å². The highest BCUT2D eigenvalue weighted by Gasteiger charge is 2.44. The molecular formula is C23H29N5O3. The highest BCUT2D eigenvalue weighted by molar-refractivity contribution is 5.74. The number of benzene rings is 1. The van der Waals surface area contributed by atoms with Gasteiger partial charge >= 0.3 is 0 Å². The summed E-state index contributed by atoms with van der Waals surface area (Å²) in [7, 11) is 0. The van der Waals surface area contributed by atoms with Gasteiger partial charge in [-0.1, -0.05) is 12.1 Å². The number of carbonyl (C=O) groups excluding carboxylic acids is 1. The molecule has 1 aliphatic carbocycles. The average molecular weight is 424 g/mol. The van der Waals surface area contributed by atoms with E-state index in [1.807, 2.05) is 18.2 Å². The molecule has 8 heteroatoms. The van der Waals surface area contributed by atoms with Gasteiger partial charge in [-0.25, -0.2) is 0 Å². The zero-order valence-corrected chi connectivity index (χ0v) is 17.6. The molecule has 0 amide bonds. The molecule has 3 N–H and O–H groups in total. The summed E-state index contributed by atoms with van der Waals surface area (Å²) in [6.07, 6.45) is 4.91. The van der Waals surface area contributed by atoms with Crippen LogP contribution in [0.3, 0.4) is 0 Å². The van der Waals surface area contributed by atoms with Gasteiger partial charge in [-0.05, 0) is 43.9 Å². The maximum atomic E-state index is 11.0. The van der Waals surface area contributed by atoms with Crippen molar-refractivity contribution in [3.05, 3.63) is 30.3 Å². The van der Waals surface area contributed by atoms with Gasteiger partial charge in [-0.3, -0.25) is 4.90 Å². The lowest BCUT2D eigenvalue weighted by molar-refractivity contribution is -0.142. The molecule has 3 fully saturated rings. The number of nitrogen functional groups attached to an aromatic ring is 1. The van der Waals surface area contributed by atoms with E-state index in [4.69, 9.17) is 10.5 Å². The second-order valence-electron chi connectivity index (χ2n) is 9.03. The van der Waals surface area contributed by atoms with Crippen LogP contribution in [0, 0.1) is 5.92 Å². The van der Waals surface area contributed by atoms with Crippen LogP contribution in [0.15, 0.2) is 30.3 Å². The Bertz CT molecular complexity index is 954. The summed E-state index contributed by atoms with van der Waals surface area (Å²) in [5.41, 5.74) is 8.15. The molecule has 2 aromatic rings. The minimum absolute atomic E-state index is 0.128. The van der Waals surface area contributed by atoms with E-state index >= 15 is 0 Å². The number of para-hydroxylation sites is 1. The zero-order valence-electron chi connectivity index (χ0n) is 17.6. The molecule has 1 spiro atoms. The van der Waals surface area contributed by atoms with Crippen molar-refractivity contribution in [3.8, 4) is 17.0 Å². The number of nitrogens with zero attached hydrogens (tertiary/aromatic N) is 4. The number of aromatic hydroxyl groups is 1. The maximum Gasteiger partial charge on any atom is 0.169 e. The van der Waals surface area contributed by atoms with Crippen LogP contribution in [0.25, 0.3) is 11.3 Å². The van der Waals surface area contributed by atoms with Crippen LogP contribution in [0.4, 0.5) is 11.5 Å². The van der Waals surface area contributed by atoms with Crippen molar-refractivity contribution < 1.29 is 14.6 Å². The quantitative estimate of drug-likeness (QED) is 0.721. The van der Waals surface area contributed by atoms with Crippen molar-refractivity contribution in [2.45, 2.75) is 37.3 Å². The third-order valence-electron chi connectivity index (χ3n) is 7.13. The number of rotatable bonds is 4. The molecule has 1 saturated carbocycles. The predicted molar refractivity (Wildman–Crippen MR) is 118 cm³/mol. The second-order valence-corrected chi connectivity index (χ2v) is 9.03. The Morgan fingerprint density at radius 1 is 1.16 bits per heavy atom. The number of morpholine rings is 1. The maximum absolute atomic E-state index is 11.0. The van der Waals surface area contributed by atoms with E-state index < -0.39 is 0 Å². The van der Waals surface area contributed by atoms with Crippen LogP contribution in [0.2, 0.25) is 0 Å². The molecule has 0 atom stereocenters. The molecule has 5 rings (SSSR count). The molecule has 8 nitrogen and oxygen atoms in total. The SMILES string of the molecule is Nc1nnc(-c2ccccc2O)cc1N1CCC2(CC1)CN([C@H]1C[C@H](C=O)C1)CCO2. The molecule has 0 radical (unpaired) electrons. The van der Waals surface area contributed by atoms with Crippen LogP contribution in [-0.2, 0) is 9.53 Å². The molecule has 2 saturated heterocycles. The largest absolute Gasteiger partial charge is 0.507 e. The first-order valence-corrected chi connectivity index (χ1v) is 11.1. The first-order valence-electron chi connectivity index (χ1n) is 11.1. The number of hydrogen-bond acceptors (Lipinski definition) is 8. The first-order chi connectivity index (χ1) is 15.1. The Morgan fingerprint density at radius 3 is 2.68 bits per heavy atom. The third kappa shape index (κ3) is 3.85. The van der Waals surface area contributed by atoms with Gasteiger partial charge in [-0.15, -0.1) is 10.2 Å². The van der Waals surface area contributed by atoms with Crippen molar-refractivity contribution in [2.75, 3.05) is 43.4 Å². The molecule has 3 heterocycles. The summed E-state index contributed by atoms with van der Waals surface area (Å²) < 4.78 is 6.30.